The molecule has 0 aliphatic heterocycles. The molecule has 0 radical (unpaired) electrons. The van der Waals surface area contributed by atoms with Gasteiger partial charge in [0.05, 0.1) is 0 Å². The molecule has 0 aromatic heterocycles. The molecule has 1 saturated carbocycles. The zero-order chi connectivity index (χ0) is 15.3. The molecule has 1 fully saturated rings. The minimum absolute atomic E-state index is 0.0329. The van der Waals surface area contributed by atoms with Gasteiger partial charge in [-0.25, -0.2) is 0 Å². The maximum atomic E-state index is 12.3. The van der Waals surface area contributed by atoms with E-state index in [4.69, 9.17) is 4.74 Å². The Bertz CT molecular complexity index is 479. The molecule has 0 spiro atoms. The summed E-state index contributed by atoms with van der Waals surface area (Å²) in [7, 11) is 0. The lowest BCUT2D eigenvalue weighted by Gasteiger charge is -2.20. The predicted octanol–water partition coefficient (Wildman–Crippen LogP) is 4.11. The molecule has 0 saturated heterocycles. The van der Waals surface area contributed by atoms with Crippen molar-refractivity contribution in [2.45, 2.75) is 38.5 Å². The van der Waals surface area contributed by atoms with Gasteiger partial charge in [-0.3, -0.25) is 4.79 Å². The number of carbonyl (C=O) groups excluding carboxylic acids is 1. The van der Waals surface area contributed by atoms with Gasteiger partial charge in [0.1, 0.15) is 6.61 Å². The van der Waals surface area contributed by atoms with Crippen molar-refractivity contribution in [1.29, 1.82) is 0 Å². The quantitative estimate of drug-likeness (QED) is 0.821. The first-order chi connectivity index (χ1) is 9.96. The van der Waals surface area contributed by atoms with Gasteiger partial charge in [0.25, 0.3) is 0 Å². The number of benzene rings is 1. The van der Waals surface area contributed by atoms with Gasteiger partial charge in [-0.1, -0.05) is 31.4 Å². The maximum Gasteiger partial charge on any atom is 0.573 e. The molecule has 2 rings (SSSR count). The van der Waals surface area contributed by atoms with E-state index in [0.717, 1.165) is 38.2 Å². The van der Waals surface area contributed by atoms with E-state index in [1.807, 2.05) is 0 Å². The number of hydrogen-bond acceptors (Lipinski definition) is 3. The van der Waals surface area contributed by atoms with Crippen molar-refractivity contribution < 1.29 is 27.4 Å². The van der Waals surface area contributed by atoms with E-state index < -0.39 is 12.1 Å². The second-order valence-electron chi connectivity index (χ2n) is 5.08. The smallest absolute Gasteiger partial charge is 0.482 e. The molecule has 1 aromatic rings. The SMILES string of the molecule is O=C(COc1ccccc1OC(F)(F)F)C1CCCCC1. The summed E-state index contributed by atoms with van der Waals surface area (Å²) in [5.74, 6) is -0.591. The molecule has 1 aliphatic rings. The van der Waals surface area contributed by atoms with Gasteiger partial charge in [-0.15, -0.1) is 13.2 Å². The van der Waals surface area contributed by atoms with Crippen molar-refractivity contribution in [3.63, 3.8) is 0 Å². The largest absolute Gasteiger partial charge is 0.573 e. The third-order valence-electron chi connectivity index (χ3n) is 3.51. The average Bonchev–Trinajstić information content (AvgIpc) is 2.45. The summed E-state index contributed by atoms with van der Waals surface area (Å²) >= 11 is 0. The van der Waals surface area contributed by atoms with Gasteiger partial charge < -0.3 is 9.47 Å². The Balaban J connectivity index is 1.94. The monoisotopic (exact) mass is 302 g/mol. The van der Waals surface area contributed by atoms with E-state index in [-0.39, 0.29) is 24.1 Å². The Morgan fingerprint density at radius 3 is 2.33 bits per heavy atom. The second kappa shape index (κ2) is 6.83. The van der Waals surface area contributed by atoms with Gasteiger partial charge in [0, 0.05) is 5.92 Å². The van der Waals surface area contributed by atoms with E-state index >= 15 is 0 Å². The van der Waals surface area contributed by atoms with Gasteiger partial charge in [0.2, 0.25) is 0 Å². The number of carbonyl (C=O) groups is 1. The van der Waals surface area contributed by atoms with Crippen LogP contribution in [-0.2, 0) is 4.79 Å². The molecule has 116 valence electrons. The Hall–Kier alpha value is -1.72. The lowest BCUT2D eigenvalue weighted by Crippen LogP contribution is -2.24. The normalized spacial score (nSPS) is 16.5. The minimum atomic E-state index is -4.78. The molecule has 1 aliphatic carbocycles. The number of ether oxygens (including phenoxy) is 2. The molecule has 1 aromatic carbocycles. The number of alkyl halides is 3. The van der Waals surface area contributed by atoms with Crippen LogP contribution in [0.1, 0.15) is 32.1 Å². The van der Waals surface area contributed by atoms with Crippen LogP contribution in [0, 0.1) is 5.92 Å². The molecule has 0 atom stereocenters. The fourth-order valence-corrected chi connectivity index (χ4v) is 2.47. The molecule has 0 N–H and O–H groups in total. The van der Waals surface area contributed by atoms with Gasteiger partial charge >= 0.3 is 6.36 Å². The number of Topliss-reactive ketones (excluding diaryl/α,β-unsaturated/α-hetero) is 1. The van der Waals surface area contributed by atoms with E-state index in [9.17, 15) is 18.0 Å². The predicted molar refractivity (Wildman–Crippen MR) is 70.2 cm³/mol. The first-order valence-electron chi connectivity index (χ1n) is 6.96. The van der Waals surface area contributed by atoms with E-state index in [2.05, 4.69) is 4.74 Å². The van der Waals surface area contributed by atoms with Crippen molar-refractivity contribution in [1.82, 2.24) is 0 Å². The summed E-state index contributed by atoms with van der Waals surface area (Å²) < 4.78 is 45.9. The van der Waals surface area contributed by atoms with Crippen molar-refractivity contribution in [2.75, 3.05) is 6.61 Å². The molecular formula is C15H17F3O3. The van der Waals surface area contributed by atoms with Gasteiger partial charge in [-0.05, 0) is 25.0 Å². The fraction of sp³-hybridized carbons (Fsp3) is 0.533. The summed E-state index contributed by atoms with van der Waals surface area (Å²) in [5.41, 5.74) is 0. The number of halogens is 3. The fourth-order valence-electron chi connectivity index (χ4n) is 2.47. The van der Waals surface area contributed by atoms with E-state index in [0.29, 0.717) is 0 Å². The zero-order valence-corrected chi connectivity index (χ0v) is 11.5. The van der Waals surface area contributed by atoms with Gasteiger partial charge in [0.15, 0.2) is 17.3 Å². The number of rotatable bonds is 5. The summed E-state index contributed by atoms with van der Waals surface area (Å²) in [4.78, 5) is 12.0. The van der Waals surface area contributed by atoms with Crippen molar-refractivity contribution in [3.8, 4) is 11.5 Å². The van der Waals surface area contributed by atoms with Crippen LogP contribution < -0.4 is 9.47 Å². The molecule has 0 amide bonds. The summed E-state index contributed by atoms with van der Waals surface area (Å²) in [6, 6.07) is 5.46. The number of para-hydroxylation sites is 2. The van der Waals surface area contributed by atoms with E-state index in [1.165, 1.54) is 18.2 Å². The third kappa shape index (κ3) is 4.95. The van der Waals surface area contributed by atoms with Crippen LogP contribution in [0.15, 0.2) is 24.3 Å². The Labute approximate surface area is 121 Å². The molecule has 6 heteroatoms. The summed E-state index contributed by atoms with van der Waals surface area (Å²) in [6.07, 6.45) is 0.0554. The average molecular weight is 302 g/mol. The van der Waals surface area contributed by atoms with Crippen LogP contribution in [0.2, 0.25) is 0 Å². The highest BCUT2D eigenvalue weighted by Gasteiger charge is 2.32. The maximum absolute atomic E-state index is 12.3. The Morgan fingerprint density at radius 2 is 1.71 bits per heavy atom. The van der Waals surface area contributed by atoms with Gasteiger partial charge in [-0.2, -0.15) is 0 Å². The highest BCUT2D eigenvalue weighted by molar-refractivity contribution is 5.82. The number of ketones is 1. The molecule has 0 unspecified atom stereocenters. The molecule has 0 bridgehead atoms. The zero-order valence-electron chi connectivity index (χ0n) is 11.5. The summed E-state index contributed by atoms with van der Waals surface area (Å²) in [5, 5.41) is 0. The van der Waals surface area contributed by atoms with E-state index in [1.54, 1.807) is 0 Å². The van der Waals surface area contributed by atoms with Crippen LogP contribution in [0.3, 0.4) is 0 Å². The topological polar surface area (TPSA) is 35.5 Å². The van der Waals surface area contributed by atoms with Crippen LogP contribution in [-0.4, -0.2) is 18.8 Å². The first-order valence-corrected chi connectivity index (χ1v) is 6.96. The van der Waals surface area contributed by atoms with Crippen LogP contribution in [0.5, 0.6) is 11.5 Å². The Kier molecular flexibility index (Phi) is 5.09. The number of hydrogen-bond donors (Lipinski definition) is 0. The standard InChI is InChI=1S/C15H17F3O3/c16-15(17,18)21-14-9-5-4-8-13(14)20-10-12(19)11-6-2-1-3-7-11/h4-5,8-9,11H,1-3,6-7,10H2. The third-order valence-corrected chi connectivity index (χ3v) is 3.51. The Morgan fingerprint density at radius 1 is 1.10 bits per heavy atom. The van der Waals surface area contributed by atoms with Crippen molar-refractivity contribution >= 4 is 5.78 Å². The van der Waals surface area contributed by atoms with Crippen LogP contribution in [0.4, 0.5) is 13.2 Å². The molecule has 3 nitrogen and oxygen atoms in total. The summed E-state index contributed by atoms with van der Waals surface area (Å²) in [6.45, 7) is -0.219. The first kappa shape index (κ1) is 15.7. The van der Waals surface area contributed by atoms with Crippen molar-refractivity contribution in [3.05, 3.63) is 24.3 Å². The second-order valence-corrected chi connectivity index (χ2v) is 5.08. The van der Waals surface area contributed by atoms with Crippen LogP contribution >= 0.6 is 0 Å². The highest BCUT2D eigenvalue weighted by atomic mass is 19.4. The molecule has 0 heterocycles. The molecule has 21 heavy (non-hydrogen) atoms. The minimum Gasteiger partial charge on any atom is -0.482 e. The lowest BCUT2D eigenvalue weighted by molar-refractivity contribution is -0.275. The van der Waals surface area contributed by atoms with Crippen LogP contribution in [0.25, 0.3) is 0 Å². The lowest BCUT2D eigenvalue weighted by atomic mass is 9.86. The van der Waals surface area contributed by atoms with Crippen molar-refractivity contribution in [2.24, 2.45) is 5.92 Å². The molecular weight excluding hydrogens is 285 g/mol. The highest BCUT2D eigenvalue weighted by Crippen LogP contribution is 2.32.